The van der Waals surface area contributed by atoms with E-state index in [0.717, 1.165) is 0 Å². The Morgan fingerprint density at radius 3 is 2.15 bits per heavy atom. The van der Waals surface area contributed by atoms with Gasteiger partial charge in [0.15, 0.2) is 5.78 Å². The number of hydrogen-bond acceptors (Lipinski definition) is 4. The summed E-state index contributed by atoms with van der Waals surface area (Å²) in [4.78, 5) is 35.3. The van der Waals surface area contributed by atoms with Crippen molar-refractivity contribution in [3.05, 3.63) is 68.9 Å². The van der Waals surface area contributed by atoms with E-state index in [0.29, 0.717) is 21.7 Å². The van der Waals surface area contributed by atoms with Crippen LogP contribution in [0.4, 0.5) is 0 Å². The number of carbonyl (C=O) groups is 1. The highest BCUT2D eigenvalue weighted by atomic mass is 16.4. The summed E-state index contributed by atoms with van der Waals surface area (Å²) in [6.07, 6.45) is 0. The Balaban J connectivity index is 2.66. The zero-order valence-electron chi connectivity index (χ0n) is 10.7. The van der Waals surface area contributed by atoms with Crippen molar-refractivity contribution >= 4 is 27.3 Å². The standard InChI is InChI=1S/C16H10O4/c1-9(17)10-6-7-12-11-4-2-3-5-13(11)15(18)20-16(19)14(12)8-10/h2-8H,1H3. The minimum absolute atomic E-state index is 0.149. The van der Waals surface area contributed by atoms with Crippen LogP contribution in [-0.4, -0.2) is 5.78 Å². The van der Waals surface area contributed by atoms with Gasteiger partial charge in [-0.05, 0) is 29.8 Å². The highest BCUT2D eigenvalue weighted by molar-refractivity contribution is 6.07. The molecule has 0 N–H and O–H groups in total. The topological polar surface area (TPSA) is 64.3 Å². The van der Waals surface area contributed by atoms with Gasteiger partial charge in [0.25, 0.3) is 0 Å². The largest absolute Gasteiger partial charge is 0.386 e. The molecular formula is C16H10O4. The molecule has 2 aromatic carbocycles. The zero-order chi connectivity index (χ0) is 14.3. The number of benzene rings is 2. The maximum atomic E-state index is 12.0. The highest BCUT2D eigenvalue weighted by Gasteiger charge is 2.09. The lowest BCUT2D eigenvalue weighted by Gasteiger charge is -1.98. The fourth-order valence-electron chi connectivity index (χ4n) is 2.26. The first-order valence-corrected chi connectivity index (χ1v) is 6.09. The Hall–Kier alpha value is -2.75. The van der Waals surface area contributed by atoms with Crippen LogP contribution in [-0.2, 0) is 0 Å². The molecule has 20 heavy (non-hydrogen) atoms. The van der Waals surface area contributed by atoms with Crippen LogP contribution in [0.5, 0.6) is 0 Å². The predicted molar refractivity (Wildman–Crippen MR) is 76.3 cm³/mol. The van der Waals surface area contributed by atoms with Crippen LogP contribution in [0.1, 0.15) is 17.3 Å². The molecule has 0 amide bonds. The van der Waals surface area contributed by atoms with Crippen LogP contribution in [0.3, 0.4) is 0 Å². The molecule has 0 saturated carbocycles. The van der Waals surface area contributed by atoms with E-state index in [1.54, 1.807) is 36.4 Å². The van der Waals surface area contributed by atoms with Crippen LogP contribution in [0.25, 0.3) is 21.5 Å². The van der Waals surface area contributed by atoms with E-state index in [4.69, 9.17) is 4.42 Å². The zero-order valence-corrected chi connectivity index (χ0v) is 10.7. The second kappa shape index (κ2) is 4.42. The summed E-state index contributed by atoms with van der Waals surface area (Å²) in [6.45, 7) is 1.42. The van der Waals surface area contributed by atoms with Gasteiger partial charge in [-0.1, -0.05) is 30.3 Å². The summed E-state index contributed by atoms with van der Waals surface area (Å²) in [7, 11) is 0. The van der Waals surface area contributed by atoms with Gasteiger partial charge in [-0.15, -0.1) is 0 Å². The predicted octanol–water partition coefficient (Wildman–Crippen LogP) is 2.51. The third-order valence-electron chi connectivity index (χ3n) is 3.27. The SMILES string of the molecule is CC(=O)c1ccc2c(c1)c(=O)oc(=O)c1ccccc12. The number of carbonyl (C=O) groups excluding carboxylic acids is 1. The molecule has 0 radical (unpaired) electrons. The van der Waals surface area contributed by atoms with Crippen molar-refractivity contribution in [1.29, 1.82) is 0 Å². The molecule has 0 aliphatic carbocycles. The van der Waals surface area contributed by atoms with Gasteiger partial charge >= 0.3 is 11.3 Å². The Morgan fingerprint density at radius 2 is 1.45 bits per heavy atom. The molecule has 0 saturated heterocycles. The van der Waals surface area contributed by atoms with E-state index in [-0.39, 0.29) is 11.2 Å². The van der Waals surface area contributed by atoms with Gasteiger partial charge in [0.05, 0.1) is 10.8 Å². The first kappa shape index (κ1) is 12.3. The summed E-state index contributed by atoms with van der Waals surface area (Å²) in [6, 6.07) is 11.6. The fraction of sp³-hybridized carbons (Fsp3) is 0.0625. The quantitative estimate of drug-likeness (QED) is 0.635. The molecule has 0 aliphatic heterocycles. The normalized spacial score (nSPS) is 10.8. The average molecular weight is 266 g/mol. The van der Waals surface area contributed by atoms with Gasteiger partial charge in [0.2, 0.25) is 0 Å². The van der Waals surface area contributed by atoms with Gasteiger partial charge in [0.1, 0.15) is 0 Å². The van der Waals surface area contributed by atoms with E-state index in [2.05, 4.69) is 0 Å². The van der Waals surface area contributed by atoms with E-state index >= 15 is 0 Å². The molecule has 3 aromatic rings. The Bertz CT molecular complexity index is 967. The molecule has 0 bridgehead atoms. The third-order valence-corrected chi connectivity index (χ3v) is 3.27. The molecular weight excluding hydrogens is 256 g/mol. The lowest BCUT2D eigenvalue weighted by molar-refractivity contribution is 0.101. The van der Waals surface area contributed by atoms with Crippen LogP contribution in [0.15, 0.2) is 56.5 Å². The van der Waals surface area contributed by atoms with Crippen LogP contribution in [0, 0.1) is 0 Å². The number of Topliss-reactive ketones (excluding diaryl/α,β-unsaturated/α-hetero) is 1. The number of fused-ring (bicyclic) bond motifs is 3. The van der Waals surface area contributed by atoms with Crippen LogP contribution < -0.4 is 11.3 Å². The van der Waals surface area contributed by atoms with Crippen molar-refractivity contribution < 1.29 is 9.21 Å². The first-order chi connectivity index (χ1) is 9.58. The van der Waals surface area contributed by atoms with Crippen molar-refractivity contribution in [3.8, 4) is 0 Å². The minimum atomic E-state index is -0.732. The first-order valence-electron chi connectivity index (χ1n) is 6.09. The Kier molecular flexibility index (Phi) is 2.71. The van der Waals surface area contributed by atoms with Crippen molar-refractivity contribution in [2.75, 3.05) is 0 Å². The van der Waals surface area contributed by atoms with Crippen molar-refractivity contribution in [1.82, 2.24) is 0 Å². The lowest BCUT2D eigenvalue weighted by atomic mass is 10.0. The van der Waals surface area contributed by atoms with E-state index in [9.17, 15) is 14.4 Å². The van der Waals surface area contributed by atoms with Gasteiger partial charge in [-0.2, -0.15) is 0 Å². The van der Waals surface area contributed by atoms with Crippen LogP contribution in [0.2, 0.25) is 0 Å². The molecule has 4 heteroatoms. The smallest absolute Gasteiger partial charge is 0.346 e. The molecule has 0 fully saturated rings. The van der Waals surface area contributed by atoms with Gasteiger partial charge in [-0.25, -0.2) is 9.59 Å². The molecule has 4 nitrogen and oxygen atoms in total. The number of ketones is 1. The molecule has 1 aromatic heterocycles. The van der Waals surface area contributed by atoms with E-state index < -0.39 is 11.3 Å². The van der Waals surface area contributed by atoms with Crippen molar-refractivity contribution in [3.63, 3.8) is 0 Å². The summed E-state index contributed by atoms with van der Waals surface area (Å²) in [5, 5.41) is 1.81. The van der Waals surface area contributed by atoms with E-state index in [1.807, 2.05) is 0 Å². The second-order valence-electron chi connectivity index (χ2n) is 4.54. The lowest BCUT2D eigenvalue weighted by Crippen LogP contribution is -2.05. The maximum absolute atomic E-state index is 12.0. The molecule has 0 unspecified atom stereocenters. The maximum Gasteiger partial charge on any atom is 0.346 e. The van der Waals surface area contributed by atoms with Gasteiger partial charge in [0, 0.05) is 5.56 Å². The molecule has 0 spiro atoms. The van der Waals surface area contributed by atoms with Crippen molar-refractivity contribution in [2.45, 2.75) is 6.92 Å². The summed E-state index contributed by atoms with van der Waals surface area (Å²) < 4.78 is 4.81. The Labute approximate surface area is 113 Å². The third kappa shape index (κ3) is 1.82. The van der Waals surface area contributed by atoms with E-state index in [1.165, 1.54) is 13.0 Å². The fourth-order valence-corrected chi connectivity index (χ4v) is 2.26. The molecule has 1 heterocycles. The Morgan fingerprint density at radius 1 is 0.850 bits per heavy atom. The second-order valence-corrected chi connectivity index (χ2v) is 4.54. The summed E-state index contributed by atoms with van der Waals surface area (Å²) >= 11 is 0. The van der Waals surface area contributed by atoms with Gasteiger partial charge < -0.3 is 4.42 Å². The molecule has 3 rings (SSSR count). The highest BCUT2D eigenvalue weighted by Crippen LogP contribution is 2.20. The molecule has 0 aliphatic rings. The average Bonchev–Trinajstić information content (AvgIpc) is 2.55. The monoisotopic (exact) mass is 266 g/mol. The number of hydrogen-bond donors (Lipinski definition) is 0. The van der Waals surface area contributed by atoms with Gasteiger partial charge in [-0.3, -0.25) is 4.79 Å². The summed E-state index contributed by atoms with van der Waals surface area (Å²) in [5.74, 6) is -0.149. The molecule has 98 valence electrons. The minimum Gasteiger partial charge on any atom is -0.386 e. The van der Waals surface area contributed by atoms with Crippen LogP contribution >= 0.6 is 0 Å². The van der Waals surface area contributed by atoms with Crippen molar-refractivity contribution in [2.24, 2.45) is 0 Å². The number of rotatable bonds is 1. The summed E-state index contributed by atoms with van der Waals surface area (Å²) in [5.41, 5.74) is -0.997. The molecule has 0 atom stereocenters.